The molecular weight excluding hydrogens is 413 g/mol. The number of hydrogen-bond donors (Lipinski definition) is 2. The van der Waals surface area contributed by atoms with Crippen LogP contribution >= 0.6 is 11.3 Å². The molecule has 0 bridgehead atoms. The fourth-order valence-electron chi connectivity index (χ4n) is 4.00. The number of hydrogen-bond acceptors (Lipinski definition) is 7. The van der Waals surface area contributed by atoms with Gasteiger partial charge in [-0.05, 0) is 55.6 Å². The Labute approximate surface area is 183 Å². The van der Waals surface area contributed by atoms with Crippen LogP contribution in [0.2, 0.25) is 0 Å². The summed E-state index contributed by atoms with van der Waals surface area (Å²) in [5, 5.41) is 10.6. The fraction of sp³-hybridized carbons (Fsp3) is 0.318. The van der Waals surface area contributed by atoms with Crippen molar-refractivity contribution >= 4 is 34.1 Å². The third-order valence-electron chi connectivity index (χ3n) is 5.54. The maximum atomic E-state index is 13.8. The fourth-order valence-corrected chi connectivity index (χ4v) is 4.72. The molecule has 31 heavy (non-hydrogen) atoms. The standard InChI is InChI=1S/C22H24FN7S/c23-15-6-4-7-16(14-15)30-20(24)18-19(17-8-5-13-31-17)26-22(27-21(18)28-30)25-9-12-29-10-2-1-3-11-29/h4-8,13-14H,1-3,9-12,24H2,(H,25,27,28). The zero-order valence-corrected chi connectivity index (χ0v) is 17.9. The highest BCUT2D eigenvalue weighted by atomic mass is 32.1. The lowest BCUT2D eigenvalue weighted by atomic mass is 10.1. The first-order valence-electron chi connectivity index (χ1n) is 10.5. The third-order valence-corrected chi connectivity index (χ3v) is 6.41. The summed E-state index contributed by atoms with van der Waals surface area (Å²) in [6.45, 7) is 4.01. The number of nitrogens with zero attached hydrogens (tertiary/aromatic N) is 5. The summed E-state index contributed by atoms with van der Waals surface area (Å²) in [7, 11) is 0. The van der Waals surface area contributed by atoms with Gasteiger partial charge in [0.2, 0.25) is 5.95 Å². The molecule has 0 spiro atoms. The van der Waals surface area contributed by atoms with Gasteiger partial charge in [-0.1, -0.05) is 18.6 Å². The van der Waals surface area contributed by atoms with E-state index in [0.717, 1.165) is 36.8 Å². The van der Waals surface area contributed by atoms with Crippen molar-refractivity contribution in [2.24, 2.45) is 0 Å². The highest BCUT2D eigenvalue weighted by Gasteiger charge is 2.20. The van der Waals surface area contributed by atoms with Gasteiger partial charge in [0.1, 0.15) is 11.6 Å². The molecule has 3 N–H and O–H groups in total. The van der Waals surface area contributed by atoms with Crippen molar-refractivity contribution in [2.45, 2.75) is 19.3 Å². The normalized spacial score (nSPS) is 14.9. The lowest BCUT2D eigenvalue weighted by Gasteiger charge is -2.26. The Morgan fingerprint density at radius 3 is 2.74 bits per heavy atom. The lowest BCUT2D eigenvalue weighted by molar-refractivity contribution is 0.237. The van der Waals surface area contributed by atoms with E-state index in [2.05, 4.69) is 20.3 Å². The summed E-state index contributed by atoms with van der Waals surface area (Å²) < 4.78 is 15.3. The van der Waals surface area contributed by atoms with E-state index in [9.17, 15) is 4.39 Å². The summed E-state index contributed by atoms with van der Waals surface area (Å²) in [5.74, 6) is 0.571. The number of anilines is 2. The lowest BCUT2D eigenvalue weighted by Crippen LogP contribution is -2.33. The monoisotopic (exact) mass is 437 g/mol. The Morgan fingerprint density at radius 1 is 1.10 bits per heavy atom. The van der Waals surface area contributed by atoms with Crippen LogP contribution in [0.3, 0.4) is 0 Å². The zero-order valence-electron chi connectivity index (χ0n) is 17.1. The van der Waals surface area contributed by atoms with E-state index in [0.29, 0.717) is 28.5 Å². The molecule has 1 aliphatic heterocycles. The third kappa shape index (κ3) is 4.11. The summed E-state index contributed by atoms with van der Waals surface area (Å²) >= 11 is 1.58. The van der Waals surface area contributed by atoms with Gasteiger partial charge in [-0.15, -0.1) is 16.4 Å². The van der Waals surface area contributed by atoms with E-state index in [1.54, 1.807) is 23.5 Å². The van der Waals surface area contributed by atoms with Crippen LogP contribution in [-0.4, -0.2) is 50.8 Å². The molecule has 1 aliphatic rings. The van der Waals surface area contributed by atoms with Crippen LogP contribution in [0.15, 0.2) is 41.8 Å². The topological polar surface area (TPSA) is 84.9 Å². The summed E-state index contributed by atoms with van der Waals surface area (Å²) in [5.41, 5.74) is 8.22. The van der Waals surface area contributed by atoms with Crippen molar-refractivity contribution in [2.75, 3.05) is 37.2 Å². The van der Waals surface area contributed by atoms with Crippen molar-refractivity contribution < 1.29 is 4.39 Å². The van der Waals surface area contributed by atoms with Gasteiger partial charge < -0.3 is 16.0 Å². The van der Waals surface area contributed by atoms with Crippen molar-refractivity contribution in [3.63, 3.8) is 0 Å². The van der Waals surface area contributed by atoms with Crippen LogP contribution in [0.4, 0.5) is 16.2 Å². The Balaban J connectivity index is 1.51. The second-order valence-corrected chi connectivity index (χ2v) is 8.63. The van der Waals surface area contributed by atoms with Gasteiger partial charge in [0.25, 0.3) is 0 Å². The van der Waals surface area contributed by atoms with Gasteiger partial charge in [0.15, 0.2) is 5.65 Å². The average Bonchev–Trinajstić information content (AvgIpc) is 3.43. The van der Waals surface area contributed by atoms with Gasteiger partial charge in [-0.2, -0.15) is 4.98 Å². The largest absolute Gasteiger partial charge is 0.383 e. The predicted octanol–water partition coefficient (Wildman–Crippen LogP) is 4.16. The Bertz CT molecular complexity index is 1180. The highest BCUT2D eigenvalue weighted by Crippen LogP contribution is 2.34. The van der Waals surface area contributed by atoms with E-state index in [-0.39, 0.29) is 5.82 Å². The first-order valence-corrected chi connectivity index (χ1v) is 11.4. The van der Waals surface area contributed by atoms with E-state index < -0.39 is 0 Å². The van der Waals surface area contributed by atoms with Gasteiger partial charge in [0.05, 0.1) is 21.6 Å². The molecule has 0 amide bonds. The number of halogens is 1. The number of benzene rings is 1. The Hall–Kier alpha value is -3.04. The van der Waals surface area contributed by atoms with Crippen LogP contribution in [-0.2, 0) is 0 Å². The molecule has 1 saturated heterocycles. The number of nitrogens with one attached hydrogen (secondary N) is 1. The molecule has 1 aromatic carbocycles. The number of thiophene rings is 1. The number of fused-ring (bicyclic) bond motifs is 1. The minimum absolute atomic E-state index is 0.346. The molecular formula is C22H24FN7S. The first kappa shape index (κ1) is 19.9. The number of nitrogen functional groups attached to an aromatic ring is 1. The smallest absolute Gasteiger partial charge is 0.225 e. The van der Waals surface area contributed by atoms with Crippen LogP contribution in [0.1, 0.15) is 19.3 Å². The second-order valence-electron chi connectivity index (χ2n) is 7.68. The molecule has 0 unspecified atom stereocenters. The summed E-state index contributed by atoms with van der Waals surface area (Å²) in [6.07, 6.45) is 3.85. The molecule has 0 saturated carbocycles. The van der Waals surface area contributed by atoms with Crippen molar-refractivity contribution in [1.82, 2.24) is 24.6 Å². The minimum atomic E-state index is -0.346. The van der Waals surface area contributed by atoms with Crippen molar-refractivity contribution in [3.05, 3.63) is 47.6 Å². The van der Waals surface area contributed by atoms with Crippen LogP contribution in [0.5, 0.6) is 0 Å². The molecule has 3 aromatic heterocycles. The molecule has 4 heterocycles. The summed E-state index contributed by atoms with van der Waals surface area (Å²) in [4.78, 5) is 12.8. The number of nitrogens with two attached hydrogens (primary N) is 1. The SMILES string of the molecule is Nc1c2c(-c3cccs3)nc(NCCN3CCCCC3)nc2nn1-c1cccc(F)c1. The van der Waals surface area contributed by atoms with Crippen LogP contribution in [0.25, 0.3) is 27.3 Å². The molecule has 0 atom stereocenters. The molecule has 160 valence electrons. The number of likely N-dealkylation sites (tertiary alicyclic amines) is 1. The van der Waals surface area contributed by atoms with E-state index >= 15 is 0 Å². The Morgan fingerprint density at radius 2 is 1.97 bits per heavy atom. The van der Waals surface area contributed by atoms with E-state index in [1.165, 1.54) is 36.1 Å². The van der Waals surface area contributed by atoms with Gasteiger partial charge >= 0.3 is 0 Å². The highest BCUT2D eigenvalue weighted by molar-refractivity contribution is 7.13. The van der Waals surface area contributed by atoms with Gasteiger partial charge in [-0.25, -0.2) is 14.1 Å². The molecule has 1 fully saturated rings. The van der Waals surface area contributed by atoms with E-state index in [4.69, 9.17) is 10.7 Å². The predicted molar refractivity (Wildman–Crippen MR) is 123 cm³/mol. The van der Waals surface area contributed by atoms with Crippen LogP contribution < -0.4 is 11.1 Å². The second kappa shape index (κ2) is 8.60. The number of piperidine rings is 1. The van der Waals surface area contributed by atoms with E-state index in [1.807, 2.05) is 17.5 Å². The molecule has 5 rings (SSSR count). The molecule has 9 heteroatoms. The number of rotatable bonds is 6. The van der Waals surface area contributed by atoms with Gasteiger partial charge in [0, 0.05) is 13.1 Å². The Kier molecular flexibility index (Phi) is 5.52. The van der Waals surface area contributed by atoms with Crippen molar-refractivity contribution in [3.8, 4) is 16.3 Å². The quantitative estimate of drug-likeness (QED) is 0.471. The molecule has 0 radical (unpaired) electrons. The molecule has 4 aromatic rings. The van der Waals surface area contributed by atoms with Crippen LogP contribution in [0, 0.1) is 5.82 Å². The maximum Gasteiger partial charge on any atom is 0.225 e. The number of aromatic nitrogens is 4. The summed E-state index contributed by atoms with van der Waals surface area (Å²) in [6, 6.07) is 10.2. The average molecular weight is 438 g/mol. The maximum absolute atomic E-state index is 13.8. The zero-order chi connectivity index (χ0) is 21.2. The molecule has 0 aliphatic carbocycles. The van der Waals surface area contributed by atoms with Crippen molar-refractivity contribution in [1.29, 1.82) is 0 Å². The first-order chi connectivity index (χ1) is 15.2. The molecule has 7 nitrogen and oxygen atoms in total. The van der Waals surface area contributed by atoms with Gasteiger partial charge in [-0.3, -0.25) is 0 Å². The minimum Gasteiger partial charge on any atom is -0.383 e.